The molecule has 0 spiro atoms. The van der Waals surface area contributed by atoms with Crippen LogP contribution in [0.5, 0.6) is 0 Å². The van der Waals surface area contributed by atoms with Crippen molar-refractivity contribution in [2.24, 2.45) is 7.05 Å². The molecule has 0 bridgehead atoms. The van der Waals surface area contributed by atoms with Crippen LogP contribution in [0.1, 0.15) is 0 Å². The monoisotopic (exact) mass is 338 g/mol. The lowest BCUT2D eigenvalue weighted by Gasteiger charge is -2.01. The van der Waals surface area contributed by atoms with Crippen LogP contribution in [0.4, 0.5) is 23.0 Å². The number of benzene rings is 1. The maximum Gasteiger partial charge on any atom is 0.428 e. The van der Waals surface area contributed by atoms with Crippen LogP contribution in [0.3, 0.4) is 0 Å². The van der Waals surface area contributed by atoms with Crippen LogP contribution in [0.15, 0.2) is 18.2 Å². The summed E-state index contributed by atoms with van der Waals surface area (Å²) in [5.41, 5.74) is -2.74. The summed E-state index contributed by atoms with van der Waals surface area (Å²) in [6.07, 6.45) is 0. The molecule has 0 amide bonds. The van der Waals surface area contributed by atoms with Gasteiger partial charge in [-0.3, -0.25) is 20.2 Å². The van der Waals surface area contributed by atoms with Gasteiger partial charge in [0, 0.05) is 6.07 Å². The van der Waals surface area contributed by atoms with Gasteiger partial charge in [0.15, 0.2) is 5.56 Å². The van der Waals surface area contributed by atoms with E-state index in [2.05, 4.69) is 5.10 Å². The largest absolute Gasteiger partial charge is 0.428 e. The van der Waals surface area contributed by atoms with Gasteiger partial charge in [0.25, 0.3) is 11.4 Å². The maximum absolute atomic E-state index is 11.2. The lowest BCUT2D eigenvalue weighted by atomic mass is 10.0. The SMILES string of the molecule is Cn1nc([N+](=O)[O-])c(-c2ccc([N+](=O)[O-])cc2[N+](=O)[O-])c1[N+](=O)[O-]. The number of aryl methyl sites for hydroxylation is 1. The van der Waals surface area contributed by atoms with Crippen molar-refractivity contribution in [3.63, 3.8) is 0 Å². The van der Waals surface area contributed by atoms with Gasteiger partial charge in [-0.25, -0.2) is 0 Å². The molecule has 1 aromatic carbocycles. The molecule has 1 heterocycles. The van der Waals surface area contributed by atoms with Crippen molar-refractivity contribution in [2.75, 3.05) is 0 Å². The number of hydrogen-bond donors (Lipinski definition) is 0. The number of rotatable bonds is 5. The lowest BCUT2D eigenvalue weighted by molar-refractivity contribution is -0.396. The van der Waals surface area contributed by atoms with E-state index in [0.717, 1.165) is 19.2 Å². The maximum atomic E-state index is 11.2. The van der Waals surface area contributed by atoms with E-state index >= 15 is 0 Å². The van der Waals surface area contributed by atoms with Crippen molar-refractivity contribution in [3.05, 3.63) is 58.7 Å². The summed E-state index contributed by atoms with van der Waals surface area (Å²) in [5.74, 6) is -1.82. The van der Waals surface area contributed by atoms with Crippen LogP contribution >= 0.6 is 0 Å². The Hall–Kier alpha value is -3.97. The average molecular weight is 338 g/mol. The average Bonchev–Trinajstić information content (AvgIpc) is 2.84. The van der Waals surface area contributed by atoms with Crippen LogP contribution in [0, 0.1) is 40.5 Å². The Morgan fingerprint density at radius 1 is 0.917 bits per heavy atom. The Morgan fingerprint density at radius 3 is 2.00 bits per heavy atom. The normalized spacial score (nSPS) is 10.4. The lowest BCUT2D eigenvalue weighted by Crippen LogP contribution is -2.00. The molecule has 24 heavy (non-hydrogen) atoms. The third kappa shape index (κ3) is 2.58. The summed E-state index contributed by atoms with van der Waals surface area (Å²) in [4.78, 5) is 40.2. The van der Waals surface area contributed by atoms with Gasteiger partial charge in [-0.1, -0.05) is 0 Å². The quantitative estimate of drug-likeness (QED) is 0.576. The minimum absolute atomic E-state index is 0.517. The van der Waals surface area contributed by atoms with E-state index in [4.69, 9.17) is 0 Å². The fraction of sp³-hybridized carbons (Fsp3) is 0.100. The Labute approximate surface area is 130 Å². The molecule has 0 N–H and O–H groups in total. The van der Waals surface area contributed by atoms with Crippen LogP contribution in [0.25, 0.3) is 11.1 Å². The minimum atomic E-state index is -1.03. The Morgan fingerprint density at radius 2 is 1.54 bits per heavy atom. The Bertz CT molecular complexity index is 903. The van der Waals surface area contributed by atoms with Gasteiger partial charge < -0.3 is 20.2 Å². The van der Waals surface area contributed by atoms with E-state index in [1.807, 2.05) is 0 Å². The third-order valence-electron chi connectivity index (χ3n) is 3.00. The highest BCUT2D eigenvalue weighted by atomic mass is 16.6. The van der Waals surface area contributed by atoms with E-state index in [0.29, 0.717) is 10.7 Å². The molecule has 0 atom stereocenters. The van der Waals surface area contributed by atoms with Crippen LogP contribution in [-0.4, -0.2) is 29.5 Å². The van der Waals surface area contributed by atoms with Gasteiger partial charge in [-0.05, 0) is 20.6 Å². The summed E-state index contributed by atoms with van der Waals surface area (Å²) in [6.45, 7) is 0. The van der Waals surface area contributed by atoms with Gasteiger partial charge in [0.05, 0.1) is 21.5 Å². The zero-order chi connectivity index (χ0) is 18.2. The number of nitrogens with zero attached hydrogens (tertiary/aromatic N) is 6. The van der Waals surface area contributed by atoms with E-state index in [1.165, 1.54) is 0 Å². The van der Waals surface area contributed by atoms with Crippen LogP contribution < -0.4 is 0 Å². The second-order valence-electron chi connectivity index (χ2n) is 4.38. The number of aromatic nitrogens is 2. The summed E-state index contributed by atoms with van der Waals surface area (Å²) >= 11 is 0. The highest BCUT2D eigenvalue weighted by Gasteiger charge is 2.39. The molecule has 14 nitrogen and oxygen atoms in total. The number of nitro groups is 4. The Kier molecular flexibility index (Phi) is 3.88. The van der Waals surface area contributed by atoms with Crippen LogP contribution in [0.2, 0.25) is 0 Å². The van der Waals surface area contributed by atoms with Crippen LogP contribution in [-0.2, 0) is 7.05 Å². The van der Waals surface area contributed by atoms with Crippen molar-refractivity contribution >= 4 is 23.0 Å². The van der Waals surface area contributed by atoms with Crippen molar-refractivity contribution < 1.29 is 19.7 Å². The number of nitro benzene ring substituents is 2. The second-order valence-corrected chi connectivity index (χ2v) is 4.38. The molecule has 0 saturated carbocycles. The van der Waals surface area contributed by atoms with Gasteiger partial charge in [-0.15, -0.1) is 0 Å². The first-order chi connectivity index (χ1) is 11.1. The molecule has 14 heteroatoms. The first kappa shape index (κ1) is 16.4. The van der Waals surface area contributed by atoms with E-state index < -0.39 is 53.8 Å². The standard InChI is InChI=1S/C10H6N6O8/c1-12-10(16(23)24)8(9(11-12)15(21)22)6-3-2-5(13(17)18)4-7(6)14(19)20/h2-4H,1H3. The number of non-ortho nitro benzene ring substituents is 1. The molecule has 124 valence electrons. The fourth-order valence-corrected chi connectivity index (χ4v) is 2.08. The first-order valence-electron chi connectivity index (χ1n) is 5.94. The zero-order valence-corrected chi connectivity index (χ0v) is 11.7. The van der Waals surface area contributed by atoms with Crippen molar-refractivity contribution in [2.45, 2.75) is 0 Å². The van der Waals surface area contributed by atoms with Gasteiger partial charge in [0.2, 0.25) is 0 Å². The molecule has 0 saturated heterocycles. The second kappa shape index (κ2) is 5.67. The molecule has 0 fully saturated rings. The summed E-state index contributed by atoms with van der Waals surface area (Å²) in [5, 5.41) is 47.5. The van der Waals surface area contributed by atoms with E-state index in [-0.39, 0.29) is 0 Å². The van der Waals surface area contributed by atoms with Crippen molar-refractivity contribution in [3.8, 4) is 11.1 Å². The predicted octanol–water partition coefficient (Wildman–Crippen LogP) is 1.72. The molecular weight excluding hydrogens is 332 g/mol. The van der Waals surface area contributed by atoms with Crippen molar-refractivity contribution in [1.82, 2.24) is 9.78 Å². The van der Waals surface area contributed by atoms with E-state index in [9.17, 15) is 40.5 Å². The topological polar surface area (TPSA) is 190 Å². The fourth-order valence-electron chi connectivity index (χ4n) is 2.08. The third-order valence-corrected chi connectivity index (χ3v) is 3.00. The number of hydrogen-bond acceptors (Lipinski definition) is 9. The van der Waals surface area contributed by atoms with Crippen molar-refractivity contribution in [1.29, 1.82) is 0 Å². The highest BCUT2D eigenvalue weighted by molar-refractivity contribution is 5.85. The van der Waals surface area contributed by atoms with Gasteiger partial charge in [-0.2, -0.15) is 0 Å². The molecule has 0 radical (unpaired) electrons. The zero-order valence-electron chi connectivity index (χ0n) is 11.7. The summed E-state index contributed by atoms with van der Waals surface area (Å²) in [6, 6.07) is 2.26. The molecular formula is C10H6N6O8. The summed E-state index contributed by atoms with van der Waals surface area (Å²) in [7, 11) is 1.06. The molecule has 0 aliphatic carbocycles. The Balaban J connectivity index is 2.90. The van der Waals surface area contributed by atoms with E-state index in [1.54, 1.807) is 0 Å². The van der Waals surface area contributed by atoms with Gasteiger partial charge in [0.1, 0.15) is 12.1 Å². The molecule has 2 aromatic rings. The van der Waals surface area contributed by atoms with Gasteiger partial charge >= 0.3 is 11.6 Å². The predicted molar refractivity (Wildman–Crippen MR) is 75.3 cm³/mol. The smallest absolute Gasteiger partial charge is 0.358 e. The minimum Gasteiger partial charge on any atom is -0.358 e. The highest BCUT2D eigenvalue weighted by Crippen LogP contribution is 2.42. The summed E-state index contributed by atoms with van der Waals surface area (Å²) < 4.78 is 0.596. The molecule has 0 unspecified atom stereocenters. The molecule has 0 aliphatic heterocycles. The molecule has 1 aromatic heterocycles. The first-order valence-corrected chi connectivity index (χ1v) is 5.94. The molecule has 2 rings (SSSR count). The molecule has 0 aliphatic rings.